The summed E-state index contributed by atoms with van der Waals surface area (Å²) in [6.07, 6.45) is 5.78. The van der Waals surface area contributed by atoms with Crippen LogP contribution in [0.5, 0.6) is 0 Å². The maximum atomic E-state index is 11.6. The van der Waals surface area contributed by atoms with Crippen molar-refractivity contribution >= 4 is 35.6 Å². The van der Waals surface area contributed by atoms with Gasteiger partial charge < -0.3 is 9.16 Å². The molecule has 1 fully saturated rings. The fourth-order valence-electron chi connectivity index (χ4n) is 4.66. The molecule has 0 aromatic heterocycles. The SMILES string of the molecule is CC(C)(C)[Si](OCC1CCC(C2C=CC(=O)S2)O1)(c1ccccc1)c1ccccc1. The fraction of sp³-hybridized carbons (Fsp3) is 0.400. The first-order valence-electron chi connectivity index (χ1n) is 10.7. The van der Waals surface area contributed by atoms with Gasteiger partial charge in [-0.2, -0.15) is 0 Å². The van der Waals surface area contributed by atoms with Gasteiger partial charge in [0.2, 0.25) is 5.12 Å². The molecular formula is C25H30O3SSi. The quantitative estimate of drug-likeness (QED) is 0.630. The second-order valence-electron chi connectivity index (χ2n) is 9.11. The second-order valence-corrected chi connectivity index (χ2v) is 14.6. The molecule has 0 saturated carbocycles. The van der Waals surface area contributed by atoms with Gasteiger partial charge in [0.15, 0.2) is 0 Å². The Morgan fingerprint density at radius 1 is 1.00 bits per heavy atom. The molecule has 4 rings (SSSR count). The molecule has 158 valence electrons. The zero-order chi connectivity index (χ0) is 21.2. The smallest absolute Gasteiger partial charge is 0.261 e. The van der Waals surface area contributed by atoms with Crippen molar-refractivity contribution in [2.45, 2.75) is 56.1 Å². The van der Waals surface area contributed by atoms with Crippen molar-refractivity contribution in [3.8, 4) is 0 Å². The summed E-state index contributed by atoms with van der Waals surface area (Å²) in [5, 5.41) is 2.83. The topological polar surface area (TPSA) is 35.5 Å². The Hall–Kier alpha value is -1.66. The second kappa shape index (κ2) is 8.83. The molecule has 3 nitrogen and oxygen atoms in total. The van der Waals surface area contributed by atoms with Crippen LogP contribution in [-0.4, -0.2) is 37.5 Å². The van der Waals surface area contributed by atoms with Crippen molar-refractivity contribution < 1.29 is 14.0 Å². The number of rotatable bonds is 6. The van der Waals surface area contributed by atoms with Crippen LogP contribution >= 0.6 is 11.8 Å². The maximum absolute atomic E-state index is 11.6. The summed E-state index contributed by atoms with van der Waals surface area (Å²) >= 11 is 1.38. The maximum Gasteiger partial charge on any atom is 0.261 e. The average Bonchev–Trinajstić information content (AvgIpc) is 3.38. The molecule has 3 atom stereocenters. The Balaban J connectivity index is 1.58. The zero-order valence-electron chi connectivity index (χ0n) is 17.9. The fourth-order valence-corrected chi connectivity index (χ4v) is 10.2. The van der Waals surface area contributed by atoms with Gasteiger partial charge in [-0.05, 0) is 34.3 Å². The summed E-state index contributed by atoms with van der Waals surface area (Å²) in [7, 11) is -2.53. The molecule has 5 heteroatoms. The predicted molar refractivity (Wildman–Crippen MR) is 127 cm³/mol. The van der Waals surface area contributed by atoms with E-state index in [-0.39, 0.29) is 27.6 Å². The minimum absolute atomic E-state index is 0.0375. The van der Waals surface area contributed by atoms with E-state index in [1.165, 1.54) is 22.1 Å². The summed E-state index contributed by atoms with van der Waals surface area (Å²) in [6.45, 7) is 7.47. The first-order chi connectivity index (χ1) is 14.4. The van der Waals surface area contributed by atoms with Gasteiger partial charge in [-0.1, -0.05) is 99.3 Å². The Morgan fingerprint density at radius 3 is 2.10 bits per heavy atom. The normalized spacial score (nSPS) is 24.5. The highest BCUT2D eigenvalue weighted by molar-refractivity contribution is 8.15. The monoisotopic (exact) mass is 438 g/mol. The molecular weight excluding hydrogens is 408 g/mol. The Bertz CT molecular complexity index is 852. The highest BCUT2D eigenvalue weighted by Gasteiger charge is 2.50. The van der Waals surface area contributed by atoms with Crippen LogP contribution in [-0.2, 0) is 14.0 Å². The molecule has 0 N–H and O–H groups in total. The standard InChI is InChI=1S/C25H30O3SSi/c1-25(2,3)30(20-10-6-4-7-11-20,21-12-8-5-9-13-21)27-18-19-14-15-22(28-19)23-16-17-24(26)29-23/h4-13,16-17,19,22-23H,14-15,18H2,1-3H3. The molecule has 0 aliphatic carbocycles. The molecule has 2 heterocycles. The molecule has 2 aromatic rings. The largest absolute Gasteiger partial charge is 0.405 e. The first-order valence-corrected chi connectivity index (χ1v) is 13.5. The lowest BCUT2D eigenvalue weighted by Gasteiger charge is -2.43. The number of hydrogen-bond acceptors (Lipinski definition) is 4. The van der Waals surface area contributed by atoms with E-state index in [9.17, 15) is 4.79 Å². The molecule has 0 amide bonds. The van der Waals surface area contributed by atoms with Crippen LogP contribution in [0.15, 0.2) is 72.8 Å². The van der Waals surface area contributed by atoms with Crippen molar-refractivity contribution in [3.05, 3.63) is 72.8 Å². The number of carbonyl (C=O) groups excluding carboxylic acids is 1. The van der Waals surface area contributed by atoms with E-state index in [1.807, 2.05) is 6.08 Å². The van der Waals surface area contributed by atoms with Crippen molar-refractivity contribution in [1.29, 1.82) is 0 Å². The third-order valence-corrected chi connectivity index (χ3v) is 12.2. The van der Waals surface area contributed by atoms with Gasteiger partial charge >= 0.3 is 0 Å². The van der Waals surface area contributed by atoms with Crippen LogP contribution in [0.25, 0.3) is 0 Å². The Morgan fingerprint density at radius 2 is 1.60 bits per heavy atom. The molecule has 0 bridgehead atoms. The van der Waals surface area contributed by atoms with Gasteiger partial charge in [0.1, 0.15) is 0 Å². The predicted octanol–water partition coefficient (Wildman–Crippen LogP) is 4.31. The van der Waals surface area contributed by atoms with Crippen LogP contribution in [0.3, 0.4) is 0 Å². The van der Waals surface area contributed by atoms with Gasteiger partial charge in [0.05, 0.1) is 24.1 Å². The summed E-state index contributed by atoms with van der Waals surface area (Å²) < 4.78 is 13.4. The minimum Gasteiger partial charge on any atom is -0.405 e. The van der Waals surface area contributed by atoms with Gasteiger partial charge in [0.25, 0.3) is 8.32 Å². The zero-order valence-corrected chi connectivity index (χ0v) is 19.7. The van der Waals surface area contributed by atoms with Gasteiger partial charge in [0, 0.05) is 0 Å². The van der Waals surface area contributed by atoms with Gasteiger partial charge in [-0.25, -0.2) is 0 Å². The third-order valence-electron chi connectivity index (χ3n) is 6.08. The molecule has 30 heavy (non-hydrogen) atoms. The summed E-state index contributed by atoms with van der Waals surface area (Å²) in [5.41, 5.74) is 0. The van der Waals surface area contributed by atoms with Crippen molar-refractivity contribution in [3.63, 3.8) is 0 Å². The van der Waals surface area contributed by atoms with E-state index >= 15 is 0 Å². The van der Waals surface area contributed by atoms with E-state index < -0.39 is 8.32 Å². The molecule has 0 radical (unpaired) electrons. The molecule has 1 saturated heterocycles. The number of thioether (sulfide) groups is 1. The van der Waals surface area contributed by atoms with Crippen LogP contribution in [0.4, 0.5) is 0 Å². The Kier molecular flexibility index (Phi) is 6.35. The van der Waals surface area contributed by atoms with Crippen molar-refractivity contribution in [1.82, 2.24) is 0 Å². The van der Waals surface area contributed by atoms with Crippen LogP contribution in [0.2, 0.25) is 5.04 Å². The van der Waals surface area contributed by atoms with Gasteiger partial charge in [-0.15, -0.1) is 0 Å². The lowest BCUT2D eigenvalue weighted by Crippen LogP contribution is -2.67. The average molecular weight is 439 g/mol. The summed E-state index contributed by atoms with van der Waals surface area (Å²) in [5.74, 6) is 0. The number of carbonyl (C=O) groups is 1. The highest BCUT2D eigenvalue weighted by Crippen LogP contribution is 2.38. The molecule has 2 aromatic carbocycles. The number of ether oxygens (including phenoxy) is 1. The summed E-state index contributed by atoms with van der Waals surface area (Å²) in [4.78, 5) is 11.6. The molecule has 2 aliphatic heterocycles. The third kappa shape index (κ3) is 4.21. The van der Waals surface area contributed by atoms with Crippen molar-refractivity contribution in [2.75, 3.05) is 6.61 Å². The van der Waals surface area contributed by atoms with E-state index in [2.05, 4.69) is 81.4 Å². The number of benzene rings is 2. The summed E-state index contributed by atoms with van der Waals surface area (Å²) in [6, 6.07) is 21.4. The van der Waals surface area contributed by atoms with E-state index in [0.717, 1.165) is 12.8 Å². The van der Waals surface area contributed by atoms with Crippen LogP contribution in [0, 0.1) is 0 Å². The lowest BCUT2D eigenvalue weighted by molar-refractivity contribution is -0.106. The van der Waals surface area contributed by atoms with E-state index in [1.54, 1.807) is 6.08 Å². The first kappa shape index (κ1) is 21.6. The lowest BCUT2D eigenvalue weighted by atomic mass is 10.1. The van der Waals surface area contributed by atoms with Crippen LogP contribution in [0.1, 0.15) is 33.6 Å². The van der Waals surface area contributed by atoms with E-state index in [0.29, 0.717) is 6.61 Å². The minimum atomic E-state index is -2.53. The molecule has 3 unspecified atom stereocenters. The van der Waals surface area contributed by atoms with Crippen LogP contribution < -0.4 is 10.4 Å². The molecule has 2 aliphatic rings. The van der Waals surface area contributed by atoms with Gasteiger partial charge in [-0.3, -0.25) is 4.79 Å². The Labute approximate surface area is 185 Å². The molecule has 0 spiro atoms. The van der Waals surface area contributed by atoms with Crippen molar-refractivity contribution in [2.24, 2.45) is 0 Å². The highest BCUT2D eigenvalue weighted by atomic mass is 32.2. The van der Waals surface area contributed by atoms with E-state index in [4.69, 9.17) is 9.16 Å². The number of hydrogen-bond donors (Lipinski definition) is 0.